The van der Waals surface area contributed by atoms with Crippen LogP contribution in [0.4, 0.5) is 11.6 Å². The molecule has 2 aromatic rings. The van der Waals surface area contributed by atoms with E-state index < -0.39 is 0 Å². The first kappa shape index (κ1) is 17.0. The van der Waals surface area contributed by atoms with E-state index in [1.807, 2.05) is 24.7 Å². The van der Waals surface area contributed by atoms with Gasteiger partial charge >= 0.3 is 0 Å². The number of nitrogen functional groups attached to an aromatic ring is 1. The number of nitrogens with two attached hydrogens (primary N) is 1. The highest BCUT2D eigenvalue weighted by Crippen LogP contribution is 2.29. The number of piperidine rings is 1. The van der Waals surface area contributed by atoms with Gasteiger partial charge in [-0.1, -0.05) is 11.8 Å². The summed E-state index contributed by atoms with van der Waals surface area (Å²) in [7, 11) is 1.72. The molecule has 2 N–H and O–H groups in total. The van der Waals surface area contributed by atoms with E-state index in [4.69, 9.17) is 10.5 Å². The Morgan fingerprint density at radius 3 is 3.08 bits per heavy atom. The Morgan fingerprint density at radius 2 is 2.29 bits per heavy atom. The zero-order valence-corrected chi connectivity index (χ0v) is 15.0. The number of nitrogens with zero attached hydrogens (tertiary/aromatic N) is 5. The van der Waals surface area contributed by atoms with E-state index in [9.17, 15) is 0 Å². The Labute approximate surface area is 146 Å². The van der Waals surface area contributed by atoms with E-state index in [1.54, 1.807) is 7.11 Å². The molecule has 24 heavy (non-hydrogen) atoms. The Morgan fingerprint density at radius 1 is 1.42 bits per heavy atom. The SMILES string of the molecule is COCCn1ccnc1[C@H]1CCCN(c2cc(N)nc(SC)n2)C1. The van der Waals surface area contributed by atoms with Crippen molar-refractivity contribution in [3.05, 3.63) is 24.3 Å². The minimum Gasteiger partial charge on any atom is -0.383 e. The lowest BCUT2D eigenvalue weighted by atomic mass is 9.97. The molecule has 130 valence electrons. The van der Waals surface area contributed by atoms with Crippen molar-refractivity contribution in [2.45, 2.75) is 30.5 Å². The van der Waals surface area contributed by atoms with E-state index in [0.29, 0.717) is 23.5 Å². The van der Waals surface area contributed by atoms with Gasteiger partial charge in [-0.25, -0.2) is 15.0 Å². The average Bonchev–Trinajstić information content (AvgIpc) is 3.08. The van der Waals surface area contributed by atoms with Gasteiger partial charge in [0, 0.05) is 51.1 Å². The van der Waals surface area contributed by atoms with Crippen molar-refractivity contribution in [3.8, 4) is 0 Å². The van der Waals surface area contributed by atoms with Crippen LogP contribution in [0.2, 0.25) is 0 Å². The third-order valence-electron chi connectivity index (χ3n) is 4.29. The number of hydrogen-bond donors (Lipinski definition) is 1. The highest BCUT2D eigenvalue weighted by atomic mass is 32.2. The summed E-state index contributed by atoms with van der Waals surface area (Å²) in [5, 5.41) is 0.716. The zero-order chi connectivity index (χ0) is 16.9. The number of rotatable bonds is 6. The normalized spacial score (nSPS) is 18.1. The predicted octanol–water partition coefficient (Wildman–Crippen LogP) is 2.01. The lowest BCUT2D eigenvalue weighted by Crippen LogP contribution is -2.36. The molecule has 3 heterocycles. The number of anilines is 2. The average molecular weight is 348 g/mol. The molecule has 0 spiro atoms. The molecule has 0 amide bonds. The summed E-state index contributed by atoms with van der Waals surface area (Å²) in [6.45, 7) is 3.41. The van der Waals surface area contributed by atoms with Crippen molar-refractivity contribution in [3.63, 3.8) is 0 Å². The fraction of sp³-hybridized carbons (Fsp3) is 0.562. The standard InChI is InChI=1S/C16H24N6OS/c1-23-9-8-21-7-5-18-15(21)12-4-3-6-22(11-12)14-10-13(17)19-16(20-14)24-2/h5,7,10,12H,3-4,6,8-9,11H2,1-2H3,(H2,17,19,20)/t12-/m0/s1. The van der Waals surface area contributed by atoms with E-state index in [2.05, 4.69) is 24.4 Å². The van der Waals surface area contributed by atoms with E-state index in [0.717, 1.165) is 44.1 Å². The first-order chi connectivity index (χ1) is 11.7. The molecular formula is C16H24N6OS. The third-order valence-corrected chi connectivity index (χ3v) is 4.84. The van der Waals surface area contributed by atoms with Crippen molar-refractivity contribution in [2.75, 3.05) is 43.7 Å². The van der Waals surface area contributed by atoms with Crippen molar-refractivity contribution >= 4 is 23.4 Å². The van der Waals surface area contributed by atoms with Crippen molar-refractivity contribution in [1.82, 2.24) is 19.5 Å². The molecular weight excluding hydrogens is 324 g/mol. The molecule has 0 aliphatic carbocycles. The van der Waals surface area contributed by atoms with Crippen LogP contribution in [0.15, 0.2) is 23.6 Å². The minimum absolute atomic E-state index is 0.388. The number of ether oxygens (including phenoxy) is 1. The largest absolute Gasteiger partial charge is 0.383 e. The number of aromatic nitrogens is 4. The van der Waals surface area contributed by atoms with Crippen LogP contribution in [-0.4, -0.2) is 52.6 Å². The highest BCUT2D eigenvalue weighted by molar-refractivity contribution is 7.98. The molecule has 0 bridgehead atoms. The van der Waals surface area contributed by atoms with Crippen LogP contribution >= 0.6 is 11.8 Å². The maximum Gasteiger partial charge on any atom is 0.191 e. The maximum atomic E-state index is 5.93. The topological polar surface area (TPSA) is 82.1 Å². The van der Waals surface area contributed by atoms with Crippen LogP contribution in [0, 0.1) is 0 Å². The molecule has 0 unspecified atom stereocenters. The van der Waals surface area contributed by atoms with Crippen LogP contribution in [0.1, 0.15) is 24.6 Å². The van der Waals surface area contributed by atoms with Crippen LogP contribution < -0.4 is 10.6 Å². The summed E-state index contributed by atoms with van der Waals surface area (Å²) in [4.78, 5) is 15.7. The first-order valence-electron chi connectivity index (χ1n) is 8.14. The Balaban J connectivity index is 1.77. The van der Waals surface area contributed by atoms with Gasteiger partial charge in [-0.05, 0) is 19.1 Å². The summed E-state index contributed by atoms with van der Waals surface area (Å²) < 4.78 is 7.39. The molecule has 0 aromatic carbocycles. The molecule has 1 aliphatic heterocycles. The number of thioether (sulfide) groups is 1. The molecule has 2 aromatic heterocycles. The lowest BCUT2D eigenvalue weighted by Gasteiger charge is -2.33. The number of methoxy groups -OCH3 is 1. The highest BCUT2D eigenvalue weighted by Gasteiger charge is 2.26. The van der Waals surface area contributed by atoms with Gasteiger partial charge in [0.15, 0.2) is 5.16 Å². The molecule has 8 heteroatoms. The molecule has 3 rings (SSSR count). The molecule has 7 nitrogen and oxygen atoms in total. The molecule has 1 saturated heterocycles. The smallest absolute Gasteiger partial charge is 0.191 e. The summed E-state index contributed by atoms with van der Waals surface area (Å²) in [5.41, 5.74) is 5.93. The number of hydrogen-bond acceptors (Lipinski definition) is 7. The Hall–Kier alpha value is -1.80. The maximum absolute atomic E-state index is 5.93. The third kappa shape index (κ3) is 3.81. The van der Waals surface area contributed by atoms with E-state index in [-0.39, 0.29) is 0 Å². The second kappa shape index (κ2) is 7.85. The zero-order valence-electron chi connectivity index (χ0n) is 14.2. The summed E-state index contributed by atoms with van der Waals surface area (Å²) >= 11 is 1.51. The van der Waals surface area contributed by atoms with Gasteiger partial charge in [-0.15, -0.1) is 0 Å². The van der Waals surface area contributed by atoms with Gasteiger partial charge in [0.05, 0.1) is 6.61 Å². The summed E-state index contributed by atoms with van der Waals surface area (Å²) in [6, 6.07) is 1.86. The van der Waals surface area contributed by atoms with Crippen LogP contribution in [0.3, 0.4) is 0 Å². The predicted molar refractivity (Wildman–Crippen MR) is 96.5 cm³/mol. The molecule has 1 atom stereocenters. The van der Waals surface area contributed by atoms with Gasteiger partial charge in [0.1, 0.15) is 17.5 Å². The lowest BCUT2D eigenvalue weighted by molar-refractivity contribution is 0.185. The van der Waals surface area contributed by atoms with Crippen molar-refractivity contribution in [1.29, 1.82) is 0 Å². The van der Waals surface area contributed by atoms with Gasteiger partial charge in [0.2, 0.25) is 0 Å². The monoisotopic (exact) mass is 348 g/mol. The summed E-state index contributed by atoms with van der Waals surface area (Å²) in [5.74, 6) is 2.95. The Bertz CT molecular complexity index is 676. The molecule has 0 radical (unpaired) electrons. The Kier molecular flexibility index (Phi) is 5.57. The van der Waals surface area contributed by atoms with Crippen LogP contribution in [0.25, 0.3) is 0 Å². The van der Waals surface area contributed by atoms with Gasteiger partial charge in [-0.3, -0.25) is 0 Å². The molecule has 0 saturated carbocycles. The minimum atomic E-state index is 0.388. The fourth-order valence-electron chi connectivity index (χ4n) is 3.14. The first-order valence-corrected chi connectivity index (χ1v) is 9.37. The van der Waals surface area contributed by atoms with Gasteiger partial charge in [-0.2, -0.15) is 0 Å². The van der Waals surface area contributed by atoms with Gasteiger partial charge in [0.25, 0.3) is 0 Å². The molecule has 1 aliphatic rings. The van der Waals surface area contributed by atoms with Crippen LogP contribution in [0.5, 0.6) is 0 Å². The van der Waals surface area contributed by atoms with E-state index >= 15 is 0 Å². The van der Waals surface area contributed by atoms with Crippen molar-refractivity contribution < 1.29 is 4.74 Å². The summed E-state index contributed by atoms with van der Waals surface area (Å²) in [6.07, 6.45) is 8.11. The fourth-order valence-corrected chi connectivity index (χ4v) is 3.52. The number of imidazole rings is 1. The molecule has 1 fully saturated rings. The van der Waals surface area contributed by atoms with Gasteiger partial charge < -0.3 is 19.9 Å². The van der Waals surface area contributed by atoms with E-state index in [1.165, 1.54) is 11.8 Å². The quantitative estimate of drug-likeness (QED) is 0.631. The second-order valence-corrected chi connectivity index (χ2v) is 6.67. The van der Waals surface area contributed by atoms with Crippen molar-refractivity contribution in [2.24, 2.45) is 0 Å². The second-order valence-electron chi connectivity index (χ2n) is 5.89. The van der Waals surface area contributed by atoms with Crippen LogP contribution in [-0.2, 0) is 11.3 Å².